The van der Waals surface area contributed by atoms with E-state index < -0.39 is 0 Å². The van der Waals surface area contributed by atoms with Crippen LogP contribution in [0.3, 0.4) is 0 Å². The first kappa shape index (κ1) is 6.08. The summed E-state index contributed by atoms with van der Waals surface area (Å²) in [5, 5.41) is 0. The van der Waals surface area contributed by atoms with Crippen LogP contribution in [0.15, 0.2) is 24.4 Å². The number of carbonyl (C=O) groups excluding carboxylic acids is 1. The number of likely N-dealkylation sites (N-methyl/N-ethyl adjacent to an activating group) is 1. The standard InChI is InChI=1S/C7H9NO/c1-8-5-3-2-4-7(8)6-9/h2-7H,1H3. The molecule has 0 N–H and O–H groups in total. The highest BCUT2D eigenvalue weighted by atomic mass is 16.1. The van der Waals surface area contributed by atoms with Crippen molar-refractivity contribution in [3.8, 4) is 0 Å². The second-order valence-corrected chi connectivity index (χ2v) is 2.02. The number of allylic oxidation sites excluding steroid dienone is 2. The SMILES string of the molecule is CN1C=CC=CC1C=O. The van der Waals surface area contributed by atoms with Crippen molar-refractivity contribution in [2.24, 2.45) is 0 Å². The molecule has 1 unspecified atom stereocenters. The molecule has 1 heterocycles. The second kappa shape index (κ2) is 2.49. The van der Waals surface area contributed by atoms with E-state index in [1.165, 1.54) is 0 Å². The number of nitrogens with zero attached hydrogens (tertiary/aromatic N) is 1. The lowest BCUT2D eigenvalue weighted by atomic mass is 10.2. The number of hydrogen-bond acceptors (Lipinski definition) is 2. The van der Waals surface area contributed by atoms with Crippen molar-refractivity contribution in [3.05, 3.63) is 24.4 Å². The fourth-order valence-electron chi connectivity index (χ4n) is 0.740. The van der Waals surface area contributed by atoms with E-state index in [2.05, 4.69) is 0 Å². The maximum atomic E-state index is 10.2. The summed E-state index contributed by atoms with van der Waals surface area (Å²) in [7, 11) is 1.87. The van der Waals surface area contributed by atoms with Crippen LogP contribution in [-0.4, -0.2) is 24.3 Å². The van der Waals surface area contributed by atoms with E-state index >= 15 is 0 Å². The lowest BCUT2D eigenvalue weighted by molar-refractivity contribution is -0.110. The molecule has 1 aliphatic heterocycles. The molecule has 48 valence electrons. The smallest absolute Gasteiger partial charge is 0.146 e. The summed E-state index contributed by atoms with van der Waals surface area (Å²) in [5.74, 6) is 0. The summed E-state index contributed by atoms with van der Waals surface area (Å²) < 4.78 is 0. The Morgan fingerprint density at radius 3 is 2.78 bits per heavy atom. The molecule has 0 bridgehead atoms. The van der Waals surface area contributed by atoms with Gasteiger partial charge in [-0.3, -0.25) is 0 Å². The van der Waals surface area contributed by atoms with Crippen molar-refractivity contribution in [2.45, 2.75) is 6.04 Å². The van der Waals surface area contributed by atoms with Crippen molar-refractivity contribution in [1.29, 1.82) is 0 Å². The van der Waals surface area contributed by atoms with Gasteiger partial charge in [-0.1, -0.05) is 12.2 Å². The number of rotatable bonds is 1. The van der Waals surface area contributed by atoms with E-state index in [1.807, 2.05) is 36.4 Å². The van der Waals surface area contributed by atoms with Gasteiger partial charge in [0.05, 0.1) is 0 Å². The highest BCUT2D eigenvalue weighted by Gasteiger charge is 2.06. The minimum absolute atomic E-state index is 0.0602. The van der Waals surface area contributed by atoms with E-state index in [-0.39, 0.29) is 6.04 Å². The van der Waals surface area contributed by atoms with E-state index in [1.54, 1.807) is 0 Å². The van der Waals surface area contributed by atoms with Gasteiger partial charge in [0, 0.05) is 7.05 Å². The Hall–Kier alpha value is -1.05. The molecule has 0 aromatic rings. The summed E-state index contributed by atoms with van der Waals surface area (Å²) in [6.07, 6.45) is 8.42. The van der Waals surface area contributed by atoms with E-state index in [0.29, 0.717) is 0 Å². The lowest BCUT2D eigenvalue weighted by Crippen LogP contribution is -2.27. The summed E-state index contributed by atoms with van der Waals surface area (Å²) in [6.45, 7) is 0. The molecule has 9 heavy (non-hydrogen) atoms. The fraction of sp³-hybridized carbons (Fsp3) is 0.286. The average Bonchev–Trinajstić information content (AvgIpc) is 1.89. The average molecular weight is 123 g/mol. The van der Waals surface area contributed by atoms with Crippen LogP contribution in [-0.2, 0) is 4.79 Å². The van der Waals surface area contributed by atoms with E-state index in [9.17, 15) is 4.79 Å². The minimum Gasteiger partial charge on any atom is -0.367 e. The third-order valence-corrected chi connectivity index (χ3v) is 1.35. The largest absolute Gasteiger partial charge is 0.367 e. The molecule has 0 fully saturated rings. The molecule has 0 saturated heterocycles. The van der Waals surface area contributed by atoms with Crippen molar-refractivity contribution >= 4 is 6.29 Å². The topological polar surface area (TPSA) is 20.3 Å². The summed E-state index contributed by atoms with van der Waals surface area (Å²) in [6, 6.07) is -0.0602. The van der Waals surface area contributed by atoms with Gasteiger partial charge in [0.25, 0.3) is 0 Å². The highest BCUT2D eigenvalue weighted by molar-refractivity contribution is 5.61. The molecule has 0 spiro atoms. The zero-order chi connectivity index (χ0) is 6.69. The molecular weight excluding hydrogens is 114 g/mol. The van der Waals surface area contributed by atoms with Gasteiger partial charge >= 0.3 is 0 Å². The Morgan fingerprint density at radius 2 is 2.33 bits per heavy atom. The van der Waals surface area contributed by atoms with Gasteiger partial charge in [-0.2, -0.15) is 0 Å². The Kier molecular flexibility index (Phi) is 1.68. The van der Waals surface area contributed by atoms with Gasteiger partial charge in [-0.05, 0) is 12.3 Å². The number of aldehydes is 1. The Labute approximate surface area is 54.5 Å². The lowest BCUT2D eigenvalue weighted by Gasteiger charge is -2.20. The van der Waals surface area contributed by atoms with E-state index in [4.69, 9.17) is 0 Å². The van der Waals surface area contributed by atoms with Crippen molar-refractivity contribution in [3.63, 3.8) is 0 Å². The monoisotopic (exact) mass is 123 g/mol. The maximum Gasteiger partial charge on any atom is 0.146 e. The number of carbonyl (C=O) groups is 1. The molecule has 1 atom stereocenters. The molecule has 0 saturated carbocycles. The van der Waals surface area contributed by atoms with Crippen LogP contribution >= 0.6 is 0 Å². The maximum absolute atomic E-state index is 10.2. The molecule has 0 amide bonds. The fourth-order valence-corrected chi connectivity index (χ4v) is 0.740. The zero-order valence-electron chi connectivity index (χ0n) is 5.32. The van der Waals surface area contributed by atoms with Crippen LogP contribution in [0.4, 0.5) is 0 Å². The highest BCUT2D eigenvalue weighted by Crippen LogP contribution is 2.01. The van der Waals surface area contributed by atoms with Crippen molar-refractivity contribution in [2.75, 3.05) is 7.05 Å². The Bertz CT molecular complexity index is 160. The van der Waals surface area contributed by atoms with Crippen LogP contribution in [0.1, 0.15) is 0 Å². The Morgan fingerprint density at radius 1 is 1.56 bits per heavy atom. The predicted octanol–water partition coefficient (Wildman–Crippen LogP) is 0.569. The third kappa shape index (κ3) is 1.19. The zero-order valence-corrected chi connectivity index (χ0v) is 5.32. The van der Waals surface area contributed by atoms with E-state index in [0.717, 1.165) is 6.29 Å². The molecule has 0 radical (unpaired) electrons. The van der Waals surface area contributed by atoms with Crippen LogP contribution in [0.25, 0.3) is 0 Å². The van der Waals surface area contributed by atoms with Crippen molar-refractivity contribution < 1.29 is 4.79 Å². The summed E-state index contributed by atoms with van der Waals surface area (Å²) in [4.78, 5) is 12.1. The summed E-state index contributed by atoms with van der Waals surface area (Å²) >= 11 is 0. The second-order valence-electron chi connectivity index (χ2n) is 2.02. The molecule has 0 aromatic carbocycles. The first-order valence-electron chi connectivity index (χ1n) is 2.87. The van der Waals surface area contributed by atoms with Gasteiger partial charge in [-0.25, -0.2) is 0 Å². The minimum atomic E-state index is -0.0602. The van der Waals surface area contributed by atoms with Crippen LogP contribution in [0.5, 0.6) is 0 Å². The van der Waals surface area contributed by atoms with Gasteiger partial charge in [-0.15, -0.1) is 0 Å². The van der Waals surface area contributed by atoms with Gasteiger partial charge in [0.2, 0.25) is 0 Å². The molecular formula is C7H9NO. The molecule has 1 rings (SSSR count). The Balaban J connectivity index is 2.65. The van der Waals surface area contributed by atoms with Gasteiger partial charge in [0.1, 0.15) is 12.3 Å². The van der Waals surface area contributed by atoms with Crippen LogP contribution in [0.2, 0.25) is 0 Å². The van der Waals surface area contributed by atoms with Crippen molar-refractivity contribution in [1.82, 2.24) is 4.90 Å². The number of hydrogen-bond donors (Lipinski definition) is 0. The first-order valence-corrected chi connectivity index (χ1v) is 2.87. The van der Waals surface area contributed by atoms with Crippen LogP contribution in [0, 0.1) is 0 Å². The quantitative estimate of drug-likeness (QED) is 0.475. The summed E-state index contributed by atoms with van der Waals surface area (Å²) in [5.41, 5.74) is 0. The molecule has 2 heteroatoms. The van der Waals surface area contributed by atoms with Gasteiger partial charge in [0.15, 0.2) is 0 Å². The molecule has 0 aromatic heterocycles. The predicted molar refractivity (Wildman–Crippen MR) is 35.9 cm³/mol. The molecule has 0 aliphatic carbocycles. The van der Waals surface area contributed by atoms with Crippen LogP contribution < -0.4 is 0 Å². The molecule has 2 nitrogen and oxygen atoms in total. The van der Waals surface area contributed by atoms with Gasteiger partial charge < -0.3 is 9.69 Å². The normalized spacial score (nSPS) is 24.6. The molecule has 1 aliphatic rings. The third-order valence-electron chi connectivity index (χ3n) is 1.35. The first-order chi connectivity index (χ1) is 4.34.